The van der Waals surface area contributed by atoms with Crippen LogP contribution in [0.1, 0.15) is 15.9 Å². The summed E-state index contributed by atoms with van der Waals surface area (Å²) < 4.78 is 13.2. The van der Waals surface area contributed by atoms with E-state index in [1.165, 1.54) is 12.1 Å². The van der Waals surface area contributed by atoms with Crippen LogP contribution in [0.2, 0.25) is 5.02 Å². The van der Waals surface area contributed by atoms with Gasteiger partial charge in [-0.15, -0.1) is 0 Å². The molecule has 2 rings (SSSR count). The second-order valence-electron chi connectivity index (χ2n) is 4.35. The van der Waals surface area contributed by atoms with Crippen molar-refractivity contribution < 1.29 is 9.18 Å². The van der Waals surface area contributed by atoms with Gasteiger partial charge in [0.1, 0.15) is 5.82 Å². The first-order valence-corrected chi connectivity index (χ1v) is 6.44. The molecule has 5 heteroatoms. The van der Waals surface area contributed by atoms with Crippen molar-refractivity contribution in [3.8, 4) is 0 Å². The van der Waals surface area contributed by atoms with Crippen molar-refractivity contribution >= 4 is 28.9 Å². The quantitative estimate of drug-likeness (QED) is 0.895. The Morgan fingerprint density at radius 2 is 1.90 bits per heavy atom. The van der Waals surface area contributed by atoms with Crippen LogP contribution in [0.4, 0.5) is 15.8 Å². The van der Waals surface area contributed by atoms with Gasteiger partial charge in [0.15, 0.2) is 0 Å². The fourth-order valence-electron chi connectivity index (χ4n) is 1.84. The van der Waals surface area contributed by atoms with Crippen LogP contribution >= 0.6 is 11.6 Å². The molecule has 20 heavy (non-hydrogen) atoms. The molecule has 0 radical (unpaired) electrons. The number of anilines is 2. The Labute approximate surface area is 121 Å². The molecular formula is C15H14ClFN2O. The number of carbonyl (C=O) groups is 1. The smallest absolute Gasteiger partial charge is 0.257 e. The summed E-state index contributed by atoms with van der Waals surface area (Å²) in [5, 5.41) is 6.08. The van der Waals surface area contributed by atoms with Crippen molar-refractivity contribution in [3.63, 3.8) is 0 Å². The van der Waals surface area contributed by atoms with E-state index in [0.29, 0.717) is 22.0 Å². The number of aryl methyl sites for hydroxylation is 1. The Hall–Kier alpha value is -2.07. The maximum absolute atomic E-state index is 13.2. The van der Waals surface area contributed by atoms with E-state index in [2.05, 4.69) is 10.6 Å². The van der Waals surface area contributed by atoms with Crippen LogP contribution in [0, 0.1) is 12.7 Å². The van der Waals surface area contributed by atoms with Crippen molar-refractivity contribution in [2.45, 2.75) is 6.92 Å². The van der Waals surface area contributed by atoms with E-state index in [-0.39, 0.29) is 5.91 Å². The summed E-state index contributed by atoms with van der Waals surface area (Å²) in [5.41, 5.74) is 2.29. The fourth-order valence-corrected chi connectivity index (χ4v) is 2.01. The fraction of sp³-hybridized carbons (Fsp3) is 0.133. The zero-order chi connectivity index (χ0) is 14.7. The van der Waals surface area contributed by atoms with E-state index >= 15 is 0 Å². The summed E-state index contributed by atoms with van der Waals surface area (Å²) in [4.78, 5) is 12.3. The predicted octanol–water partition coefficient (Wildman–Crippen LogP) is 4.08. The minimum absolute atomic E-state index is 0.342. The third kappa shape index (κ3) is 3.08. The normalized spacial score (nSPS) is 10.2. The monoisotopic (exact) mass is 292 g/mol. The lowest BCUT2D eigenvalue weighted by Gasteiger charge is -2.12. The number of carbonyl (C=O) groups excluding carboxylic acids is 1. The van der Waals surface area contributed by atoms with Crippen LogP contribution in [-0.2, 0) is 0 Å². The number of hydrogen-bond donors (Lipinski definition) is 2. The molecule has 0 saturated heterocycles. The largest absolute Gasteiger partial charge is 0.387 e. The average Bonchev–Trinajstić information content (AvgIpc) is 2.42. The number of amides is 1. The van der Waals surface area contributed by atoms with Gasteiger partial charge in [-0.25, -0.2) is 4.39 Å². The van der Waals surface area contributed by atoms with Gasteiger partial charge < -0.3 is 10.6 Å². The van der Waals surface area contributed by atoms with Crippen molar-refractivity contribution in [2.75, 3.05) is 17.7 Å². The molecule has 2 N–H and O–H groups in total. The van der Waals surface area contributed by atoms with Crippen molar-refractivity contribution in [1.82, 2.24) is 0 Å². The maximum Gasteiger partial charge on any atom is 0.257 e. The first-order valence-electron chi connectivity index (χ1n) is 6.06. The molecule has 104 valence electrons. The number of benzene rings is 2. The highest BCUT2D eigenvalue weighted by Gasteiger charge is 2.13. The summed E-state index contributed by atoms with van der Waals surface area (Å²) in [6, 6.07) is 9.23. The Morgan fingerprint density at radius 3 is 2.60 bits per heavy atom. The molecule has 2 aromatic carbocycles. The van der Waals surface area contributed by atoms with Crippen LogP contribution in [0.3, 0.4) is 0 Å². The molecule has 0 bridgehead atoms. The van der Waals surface area contributed by atoms with E-state index in [0.717, 1.165) is 5.56 Å². The maximum atomic E-state index is 13.2. The minimum Gasteiger partial charge on any atom is -0.387 e. The molecule has 0 aromatic heterocycles. The Morgan fingerprint density at radius 1 is 1.15 bits per heavy atom. The summed E-state index contributed by atoms with van der Waals surface area (Å²) in [5.74, 6) is -0.739. The minimum atomic E-state index is -0.397. The van der Waals surface area contributed by atoms with Gasteiger partial charge in [0, 0.05) is 23.4 Å². The molecule has 0 aliphatic carbocycles. The van der Waals surface area contributed by atoms with Crippen LogP contribution in [-0.4, -0.2) is 13.0 Å². The van der Waals surface area contributed by atoms with Gasteiger partial charge in [-0.3, -0.25) is 4.79 Å². The van der Waals surface area contributed by atoms with Crippen LogP contribution in [0.15, 0.2) is 36.4 Å². The summed E-state index contributed by atoms with van der Waals surface area (Å²) in [6.07, 6.45) is 0. The van der Waals surface area contributed by atoms with Crippen molar-refractivity contribution in [2.24, 2.45) is 0 Å². The zero-order valence-corrected chi connectivity index (χ0v) is 11.9. The molecule has 0 aliphatic rings. The first kappa shape index (κ1) is 14.3. The van der Waals surface area contributed by atoms with Crippen LogP contribution < -0.4 is 10.6 Å². The number of nitrogens with one attached hydrogen (secondary N) is 2. The van der Waals surface area contributed by atoms with Crippen LogP contribution in [0.5, 0.6) is 0 Å². The highest BCUT2D eigenvalue weighted by Crippen LogP contribution is 2.23. The second kappa shape index (κ2) is 5.92. The highest BCUT2D eigenvalue weighted by molar-refractivity contribution is 6.31. The lowest BCUT2D eigenvalue weighted by molar-refractivity contribution is 0.102. The zero-order valence-electron chi connectivity index (χ0n) is 11.1. The lowest BCUT2D eigenvalue weighted by atomic mass is 10.1. The van der Waals surface area contributed by atoms with Crippen molar-refractivity contribution in [1.29, 1.82) is 0 Å². The Bertz CT molecular complexity index is 658. The molecule has 2 aromatic rings. The molecule has 0 heterocycles. The standard InChI is InChI=1S/C15H14ClFN2O/c1-9-3-5-11(17)8-14(9)19-15(20)12-7-10(16)4-6-13(12)18-2/h3-8,18H,1-2H3,(H,19,20). The number of rotatable bonds is 3. The Kier molecular flexibility index (Phi) is 4.25. The van der Waals surface area contributed by atoms with Gasteiger partial charge in [0.05, 0.1) is 5.56 Å². The molecule has 1 amide bonds. The van der Waals surface area contributed by atoms with E-state index in [4.69, 9.17) is 11.6 Å². The molecule has 3 nitrogen and oxygen atoms in total. The van der Waals surface area contributed by atoms with Gasteiger partial charge in [-0.05, 0) is 42.8 Å². The summed E-state index contributed by atoms with van der Waals surface area (Å²) >= 11 is 5.91. The van der Waals surface area contributed by atoms with Gasteiger partial charge in [0.2, 0.25) is 0 Å². The van der Waals surface area contributed by atoms with Gasteiger partial charge in [-0.2, -0.15) is 0 Å². The molecule has 0 fully saturated rings. The number of hydrogen-bond acceptors (Lipinski definition) is 2. The van der Waals surface area contributed by atoms with Gasteiger partial charge >= 0.3 is 0 Å². The van der Waals surface area contributed by atoms with E-state index in [1.54, 1.807) is 38.2 Å². The molecule has 0 aliphatic heterocycles. The van der Waals surface area contributed by atoms with Gasteiger partial charge in [-0.1, -0.05) is 17.7 Å². The highest BCUT2D eigenvalue weighted by atomic mass is 35.5. The molecular weight excluding hydrogens is 279 g/mol. The average molecular weight is 293 g/mol. The van der Waals surface area contributed by atoms with E-state index < -0.39 is 5.82 Å². The summed E-state index contributed by atoms with van der Waals surface area (Å²) in [6.45, 7) is 1.80. The third-order valence-corrected chi connectivity index (χ3v) is 3.18. The first-order chi connectivity index (χ1) is 9.51. The van der Waals surface area contributed by atoms with Gasteiger partial charge in [0.25, 0.3) is 5.91 Å². The summed E-state index contributed by atoms with van der Waals surface area (Å²) in [7, 11) is 1.72. The second-order valence-corrected chi connectivity index (χ2v) is 4.79. The van der Waals surface area contributed by atoms with Crippen molar-refractivity contribution in [3.05, 3.63) is 58.4 Å². The topological polar surface area (TPSA) is 41.1 Å². The Balaban J connectivity index is 2.32. The number of halogens is 2. The van der Waals surface area contributed by atoms with E-state index in [9.17, 15) is 9.18 Å². The molecule has 0 unspecified atom stereocenters. The molecule has 0 spiro atoms. The predicted molar refractivity (Wildman–Crippen MR) is 80.1 cm³/mol. The third-order valence-electron chi connectivity index (χ3n) is 2.94. The van der Waals surface area contributed by atoms with E-state index in [1.807, 2.05) is 0 Å². The molecule has 0 saturated carbocycles. The van der Waals surface area contributed by atoms with Crippen LogP contribution in [0.25, 0.3) is 0 Å². The molecule has 0 atom stereocenters. The SMILES string of the molecule is CNc1ccc(Cl)cc1C(=O)Nc1cc(F)ccc1C. The lowest BCUT2D eigenvalue weighted by Crippen LogP contribution is -2.15.